The van der Waals surface area contributed by atoms with E-state index in [9.17, 15) is 18.4 Å². The highest BCUT2D eigenvalue weighted by molar-refractivity contribution is 5.85. The van der Waals surface area contributed by atoms with E-state index >= 15 is 0 Å². The fourth-order valence-corrected chi connectivity index (χ4v) is 2.53. The summed E-state index contributed by atoms with van der Waals surface area (Å²) >= 11 is 0. The fraction of sp³-hybridized carbons (Fsp3) is 0.833. The maximum absolute atomic E-state index is 13.0. The van der Waals surface area contributed by atoms with Gasteiger partial charge in [0.05, 0.1) is 12.6 Å². The molecular weight excluding hydrogens is 306 g/mol. The molecule has 2 aliphatic heterocycles. The normalized spacial score (nSPS) is 27.1. The van der Waals surface area contributed by atoms with Crippen molar-refractivity contribution in [1.82, 2.24) is 20.9 Å². The Morgan fingerprint density at radius 2 is 2.14 bits per heavy atom. The van der Waals surface area contributed by atoms with Crippen LogP contribution in [0.4, 0.5) is 13.6 Å². The Hall–Kier alpha value is -1.15. The number of halogens is 3. The quantitative estimate of drug-likeness (QED) is 0.699. The molecule has 2 heterocycles. The first-order chi connectivity index (χ1) is 9.41. The summed E-state index contributed by atoms with van der Waals surface area (Å²) in [6.07, 6.45) is 0.178. The first-order valence-corrected chi connectivity index (χ1v) is 6.85. The zero-order chi connectivity index (χ0) is 14.8. The fourth-order valence-electron chi connectivity index (χ4n) is 2.53. The molecule has 2 rings (SSSR count). The molecule has 2 saturated heterocycles. The van der Waals surface area contributed by atoms with Crippen LogP contribution in [0.1, 0.15) is 19.8 Å². The molecule has 3 N–H and O–H groups in total. The van der Waals surface area contributed by atoms with Gasteiger partial charge in [0.25, 0.3) is 5.92 Å². The number of alkyl halides is 2. The van der Waals surface area contributed by atoms with Crippen LogP contribution in [-0.4, -0.2) is 61.0 Å². The van der Waals surface area contributed by atoms with Gasteiger partial charge in [-0.25, -0.2) is 13.6 Å². The molecule has 21 heavy (non-hydrogen) atoms. The summed E-state index contributed by atoms with van der Waals surface area (Å²) in [6, 6.07) is -1.17. The summed E-state index contributed by atoms with van der Waals surface area (Å²) in [5.41, 5.74) is 0. The second-order valence-electron chi connectivity index (χ2n) is 5.27. The number of nitrogens with one attached hydrogen (secondary N) is 3. The molecule has 2 aliphatic rings. The zero-order valence-corrected chi connectivity index (χ0v) is 12.6. The predicted octanol–water partition coefficient (Wildman–Crippen LogP) is 0.325. The number of hydrogen-bond acceptors (Lipinski definition) is 3. The molecule has 122 valence electrons. The highest BCUT2D eigenvalue weighted by Crippen LogP contribution is 2.25. The lowest BCUT2D eigenvalue weighted by molar-refractivity contribution is -0.124. The van der Waals surface area contributed by atoms with Crippen molar-refractivity contribution in [1.29, 1.82) is 0 Å². The van der Waals surface area contributed by atoms with E-state index in [-0.39, 0.29) is 24.5 Å². The molecule has 0 saturated carbocycles. The van der Waals surface area contributed by atoms with Gasteiger partial charge in [0, 0.05) is 32.1 Å². The number of carbonyl (C=O) groups excluding carboxylic acids is 2. The predicted molar refractivity (Wildman–Crippen MR) is 75.8 cm³/mol. The highest BCUT2D eigenvalue weighted by Gasteiger charge is 2.43. The third-order valence-corrected chi connectivity index (χ3v) is 3.58. The molecule has 0 aromatic rings. The van der Waals surface area contributed by atoms with Gasteiger partial charge < -0.3 is 15.5 Å². The molecule has 2 atom stereocenters. The van der Waals surface area contributed by atoms with Crippen molar-refractivity contribution in [3.63, 3.8) is 0 Å². The van der Waals surface area contributed by atoms with E-state index in [1.807, 2.05) is 6.92 Å². The Balaban J connectivity index is 0.00000220. The van der Waals surface area contributed by atoms with Crippen molar-refractivity contribution >= 4 is 24.3 Å². The lowest BCUT2D eigenvalue weighted by atomic mass is 10.1. The first-order valence-electron chi connectivity index (χ1n) is 6.85. The molecule has 0 aromatic heterocycles. The molecule has 9 heteroatoms. The van der Waals surface area contributed by atoms with Crippen molar-refractivity contribution in [3.8, 4) is 0 Å². The molecule has 3 amide bonds. The Labute approximate surface area is 128 Å². The lowest BCUT2D eigenvalue weighted by Gasteiger charge is -2.18. The largest absolute Gasteiger partial charge is 0.350 e. The van der Waals surface area contributed by atoms with Crippen LogP contribution in [0.15, 0.2) is 0 Å². The Kier molecular flexibility index (Phi) is 6.15. The average Bonchev–Trinajstić information content (AvgIpc) is 2.96. The molecule has 0 aliphatic carbocycles. The Bertz CT molecular complexity index is 397. The van der Waals surface area contributed by atoms with Crippen molar-refractivity contribution in [2.24, 2.45) is 0 Å². The monoisotopic (exact) mass is 326 g/mol. The maximum Gasteiger partial charge on any atom is 0.317 e. The Morgan fingerprint density at radius 1 is 1.43 bits per heavy atom. The minimum absolute atomic E-state index is 0. The topological polar surface area (TPSA) is 73.5 Å². The van der Waals surface area contributed by atoms with Crippen molar-refractivity contribution < 1.29 is 18.4 Å². The number of amides is 3. The van der Waals surface area contributed by atoms with Crippen LogP contribution in [0.5, 0.6) is 0 Å². The Morgan fingerprint density at radius 3 is 2.71 bits per heavy atom. The lowest BCUT2D eigenvalue weighted by Crippen LogP contribution is -2.47. The molecule has 2 unspecified atom stereocenters. The third-order valence-electron chi connectivity index (χ3n) is 3.58. The van der Waals surface area contributed by atoms with Crippen LogP contribution in [0.25, 0.3) is 0 Å². The summed E-state index contributed by atoms with van der Waals surface area (Å²) in [6.45, 7) is 2.90. The van der Waals surface area contributed by atoms with Crippen LogP contribution in [0, 0.1) is 0 Å². The maximum atomic E-state index is 13.0. The number of hydrogen-bond donors (Lipinski definition) is 3. The van der Waals surface area contributed by atoms with E-state index in [4.69, 9.17) is 0 Å². The highest BCUT2D eigenvalue weighted by atomic mass is 35.5. The van der Waals surface area contributed by atoms with E-state index in [0.29, 0.717) is 26.1 Å². The number of carbonyl (C=O) groups is 2. The summed E-state index contributed by atoms with van der Waals surface area (Å²) < 4.78 is 26.0. The molecular formula is C12H21ClF2N4O2. The number of rotatable bonds is 3. The van der Waals surface area contributed by atoms with Crippen LogP contribution >= 0.6 is 12.4 Å². The summed E-state index contributed by atoms with van der Waals surface area (Å²) in [7, 11) is 0. The van der Waals surface area contributed by atoms with Gasteiger partial charge in [-0.05, 0) is 13.3 Å². The van der Waals surface area contributed by atoms with Crippen LogP contribution in [-0.2, 0) is 4.79 Å². The van der Waals surface area contributed by atoms with Gasteiger partial charge in [0.2, 0.25) is 5.91 Å². The summed E-state index contributed by atoms with van der Waals surface area (Å²) in [5, 5.41) is 7.94. The smallest absolute Gasteiger partial charge is 0.317 e. The molecule has 2 fully saturated rings. The van der Waals surface area contributed by atoms with Gasteiger partial charge in [-0.2, -0.15) is 0 Å². The van der Waals surface area contributed by atoms with E-state index in [1.165, 1.54) is 0 Å². The van der Waals surface area contributed by atoms with E-state index < -0.39 is 30.8 Å². The minimum Gasteiger partial charge on any atom is -0.350 e. The van der Waals surface area contributed by atoms with Crippen molar-refractivity contribution in [2.75, 3.05) is 26.2 Å². The van der Waals surface area contributed by atoms with E-state index in [0.717, 1.165) is 0 Å². The van der Waals surface area contributed by atoms with Crippen molar-refractivity contribution in [3.05, 3.63) is 0 Å². The molecule has 6 nitrogen and oxygen atoms in total. The number of urea groups is 1. The minimum atomic E-state index is -2.81. The molecule has 0 aromatic carbocycles. The van der Waals surface area contributed by atoms with Crippen LogP contribution in [0.3, 0.4) is 0 Å². The SMILES string of the molecule is CCNC(=O)N1CCC(NC(=O)C2CC(F)(F)CN2)C1.Cl. The molecule has 0 spiro atoms. The second-order valence-corrected chi connectivity index (χ2v) is 5.27. The van der Waals surface area contributed by atoms with Crippen LogP contribution < -0.4 is 16.0 Å². The summed E-state index contributed by atoms with van der Waals surface area (Å²) in [5.74, 6) is -3.23. The number of likely N-dealkylation sites (tertiary alicyclic amines) is 1. The number of nitrogens with zero attached hydrogens (tertiary/aromatic N) is 1. The van der Waals surface area contributed by atoms with Crippen molar-refractivity contribution in [2.45, 2.75) is 37.8 Å². The van der Waals surface area contributed by atoms with Gasteiger partial charge in [0.1, 0.15) is 0 Å². The average molecular weight is 327 g/mol. The van der Waals surface area contributed by atoms with Gasteiger partial charge in [-0.15, -0.1) is 12.4 Å². The molecule has 0 bridgehead atoms. The van der Waals surface area contributed by atoms with Gasteiger partial charge >= 0.3 is 6.03 Å². The van der Waals surface area contributed by atoms with Gasteiger partial charge in [-0.1, -0.05) is 0 Å². The summed E-state index contributed by atoms with van der Waals surface area (Å²) in [4.78, 5) is 25.1. The van der Waals surface area contributed by atoms with E-state index in [2.05, 4.69) is 16.0 Å². The first kappa shape index (κ1) is 17.9. The standard InChI is InChI=1S/C12H20F2N4O2.ClH/c1-2-15-11(20)18-4-3-8(6-18)17-10(19)9-5-12(13,14)7-16-9;/h8-9,16H,2-7H2,1H3,(H,15,20)(H,17,19);1H. The zero-order valence-electron chi connectivity index (χ0n) is 11.8. The van der Waals surface area contributed by atoms with Gasteiger partial charge in [-0.3, -0.25) is 10.1 Å². The third kappa shape index (κ3) is 4.67. The van der Waals surface area contributed by atoms with Crippen LogP contribution in [0.2, 0.25) is 0 Å². The second kappa shape index (κ2) is 7.22. The van der Waals surface area contributed by atoms with E-state index in [1.54, 1.807) is 4.90 Å². The van der Waals surface area contributed by atoms with Gasteiger partial charge in [0.15, 0.2) is 0 Å². The molecule has 0 radical (unpaired) electrons.